The van der Waals surface area contributed by atoms with E-state index in [2.05, 4.69) is 4.99 Å². The van der Waals surface area contributed by atoms with Gasteiger partial charge in [-0.25, -0.2) is 0 Å². The fourth-order valence-electron chi connectivity index (χ4n) is 1.48. The molecule has 0 fully saturated rings. The molecule has 0 atom stereocenters. The Bertz CT molecular complexity index is 683. The monoisotopic (exact) mass is 206 g/mol. The van der Waals surface area contributed by atoms with Crippen molar-refractivity contribution in [1.29, 1.82) is 5.41 Å². The molecule has 0 aromatic carbocycles. The molecular weight excluding hydrogens is 196 g/mol. The van der Waals surface area contributed by atoms with Crippen molar-refractivity contribution in [2.75, 3.05) is 7.05 Å². The van der Waals surface area contributed by atoms with Gasteiger partial charge in [-0.2, -0.15) is 9.46 Å². The summed E-state index contributed by atoms with van der Waals surface area (Å²) >= 11 is 0. The van der Waals surface area contributed by atoms with Crippen molar-refractivity contribution in [1.82, 2.24) is 9.46 Å². The van der Waals surface area contributed by atoms with E-state index in [0.717, 1.165) is 9.46 Å². The molecule has 1 aliphatic heterocycles. The first-order valence-electron chi connectivity index (χ1n) is 4.28. The molecule has 2 rings (SSSR count). The van der Waals surface area contributed by atoms with Crippen molar-refractivity contribution in [3.63, 3.8) is 0 Å². The van der Waals surface area contributed by atoms with Crippen LogP contribution in [0.25, 0.3) is 0 Å². The van der Waals surface area contributed by atoms with E-state index in [1.165, 1.54) is 18.5 Å². The first-order chi connectivity index (χ1) is 7.15. The van der Waals surface area contributed by atoms with E-state index < -0.39 is 0 Å². The van der Waals surface area contributed by atoms with Crippen molar-refractivity contribution < 1.29 is 10.4 Å². The molecule has 0 aromatic heterocycles. The maximum Gasteiger partial charge on any atom is 0.134 e. The van der Waals surface area contributed by atoms with E-state index in [1.807, 2.05) is 0 Å². The predicted octanol–water partition coefficient (Wildman–Crippen LogP) is -0.501. The van der Waals surface area contributed by atoms with Crippen molar-refractivity contribution in [2.24, 2.45) is 4.99 Å². The summed E-state index contributed by atoms with van der Waals surface area (Å²) in [4.78, 5) is 3.95. The first-order valence-corrected chi connectivity index (χ1v) is 4.28. The second kappa shape index (κ2) is 3.16. The van der Waals surface area contributed by atoms with Gasteiger partial charge in [0.25, 0.3) is 0 Å². The van der Waals surface area contributed by atoms with Gasteiger partial charge in [-0.05, 0) is 12.1 Å². The van der Waals surface area contributed by atoms with Gasteiger partial charge in [0.2, 0.25) is 0 Å². The van der Waals surface area contributed by atoms with Crippen LogP contribution in [0, 0.1) is 16.1 Å². The van der Waals surface area contributed by atoms with Gasteiger partial charge in [-0.1, -0.05) is 0 Å². The van der Waals surface area contributed by atoms with E-state index in [4.69, 9.17) is 5.41 Å². The molecular formula is C9H10N4O2. The Kier molecular flexibility index (Phi) is 1.96. The number of rotatable bonds is 0. The Hall–Kier alpha value is -2.24. The average molecular weight is 206 g/mol. The van der Waals surface area contributed by atoms with Crippen molar-refractivity contribution in [3.05, 3.63) is 45.9 Å². The molecule has 15 heavy (non-hydrogen) atoms. The summed E-state index contributed by atoms with van der Waals surface area (Å²) in [7, 11) is 1.58. The minimum atomic E-state index is 0.114. The lowest BCUT2D eigenvalue weighted by Crippen LogP contribution is -2.22. The highest BCUT2D eigenvalue weighted by molar-refractivity contribution is 5.04. The van der Waals surface area contributed by atoms with Crippen LogP contribution in [0.3, 0.4) is 0 Å². The molecule has 0 spiro atoms. The largest absolute Gasteiger partial charge is 0.428 e. The number of hydrogen-bond donors (Lipinski definition) is 3. The highest BCUT2D eigenvalue weighted by Gasteiger charge is 2.01. The zero-order valence-corrected chi connectivity index (χ0v) is 8.05. The van der Waals surface area contributed by atoms with Gasteiger partial charge in [-0.15, -0.1) is 0 Å². The molecule has 1 aliphatic carbocycles. The first kappa shape index (κ1) is 9.32. The second-order valence-corrected chi connectivity index (χ2v) is 3.04. The predicted molar refractivity (Wildman–Crippen MR) is 49.4 cm³/mol. The molecule has 0 amide bonds. The summed E-state index contributed by atoms with van der Waals surface area (Å²) in [6.45, 7) is 0. The lowest BCUT2D eigenvalue weighted by Gasteiger charge is -2.04. The maximum absolute atomic E-state index is 9.58. The summed E-state index contributed by atoms with van der Waals surface area (Å²) in [5, 5.41) is 27.9. The topological polar surface area (TPSA) is 86.5 Å². The molecule has 78 valence electrons. The van der Waals surface area contributed by atoms with Gasteiger partial charge in [-0.3, -0.25) is 10.4 Å². The van der Waals surface area contributed by atoms with Gasteiger partial charge < -0.3 is 10.4 Å². The number of nitrogens with zero attached hydrogens (tertiary/aromatic N) is 3. The quantitative estimate of drug-likeness (QED) is 0.507. The van der Waals surface area contributed by atoms with Crippen LogP contribution in [-0.2, 0) is 0 Å². The van der Waals surface area contributed by atoms with Crippen LogP contribution in [0.4, 0.5) is 0 Å². The Morgan fingerprint density at radius 2 is 1.73 bits per heavy atom. The van der Waals surface area contributed by atoms with Gasteiger partial charge in [0.15, 0.2) is 0 Å². The lowest BCUT2D eigenvalue weighted by molar-refractivity contribution is 0.142. The highest BCUT2D eigenvalue weighted by Crippen LogP contribution is 1.88. The smallest absolute Gasteiger partial charge is 0.134 e. The second-order valence-electron chi connectivity index (χ2n) is 3.04. The summed E-state index contributed by atoms with van der Waals surface area (Å²) in [6, 6.07) is 3.12. The molecule has 6 nitrogen and oxygen atoms in total. The zero-order valence-electron chi connectivity index (χ0n) is 8.05. The average Bonchev–Trinajstić information content (AvgIpc) is 2.23. The third-order valence-electron chi connectivity index (χ3n) is 2.18. The van der Waals surface area contributed by atoms with Crippen LogP contribution in [0.2, 0.25) is 0 Å². The fourth-order valence-corrected chi connectivity index (χ4v) is 1.48. The summed E-state index contributed by atoms with van der Waals surface area (Å²) < 4.78 is 1.63. The molecule has 0 aromatic rings. The van der Waals surface area contributed by atoms with Crippen LogP contribution in [0.15, 0.2) is 29.5 Å². The Morgan fingerprint density at radius 3 is 2.33 bits per heavy atom. The normalized spacial score (nSPS) is 12.2. The Morgan fingerprint density at radius 1 is 1.13 bits per heavy atom. The van der Waals surface area contributed by atoms with E-state index in [-0.39, 0.29) is 10.7 Å². The van der Waals surface area contributed by atoms with Crippen LogP contribution >= 0.6 is 0 Å². The van der Waals surface area contributed by atoms with Crippen LogP contribution in [-0.4, -0.2) is 26.9 Å². The summed E-state index contributed by atoms with van der Waals surface area (Å²) in [5.74, 6) is 0. The molecule has 0 bridgehead atoms. The van der Waals surface area contributed by atoms with Crippen LogP contribution in [0.5, 0.6) is 0 Å². The van der Waals surface area contributed by atoms with Gasteiger partial charge in [0.05, 0.1) is 23.1 Å². The van der Waals surface area contributed by atoms with Crippen LogP contribution < -0.4 is 10.7 Å². The van der Waals surface area contributed by atoms with Gasteiger partial charge in [0.1, 0.15) is 10.7 Å². The van der Waals surface area contributed by atoms with E-state index >= 15 is 0 Å². The molecule has 2 aliphatic rings. The molecule has 0 radical (unpaired) electrons. The zero-order chi connectivity index (χ0) is 11.0. The SMILES string of the molecule is CN=c1ccc(=N)c2n(O)ccn(O)c1=2. The maximum atomic E-state index is 9.58. The van der Waals surface area contributed by atoms with E-state index in [9.17, 15) is 10.4 Å². The lowest BCUT2D eigenvalue weighted by atomic mass is 10.3. The van der Waals surface area contributed by atoms with Gasteiger partial charge in [0, 0.05) is 7.05 Å². The van der Waals surface area contributed by atoms with Crippen molar-refractivity contribution in [2.45, 2.75) is 0 Å². The molecule has 0 saturated heterocycles. The third kappa shape index (κ3) is 1.26. The minimum Gasteiger partial charge on any atom is -0.428 e. The number of aromatic nitrogens is 2. The molecule has 0 unspecified atom stereocenters. The number of nitrogens with one attached hydrogen (secondary N) is 1. The van der Waals surface area contributed by atoms with E-state index in [0.29, 0.717) is 10.7 Å². The molecule has 0 saturated carbocycles. The third-order valence-corrected chi connectivity index (χ3v) is 2.18. The van der Waals surface area contributed by atoms with Crippen molar-refractivity contribution in [3.8, 4) is 0 Å². The van der Waals surface area contributed by atoms with Crippen LogP contribution in [0.1, 0.15) is 0 Å². The van der Waals surface area contributed by atoms with Gasteiger partial charge >= 0.3 is 0 Å². The molecule has 1 heterocycles. The molecule has 3 N–H and O–H groups in total. The van der Waals surface area contributed by atoms with E-state index in [1.54, 1.807) is 13.1 Å². The standard InChI is InChI=1S/C9H10N4O2/c1-11-7-3-2-6(10)8-9(7)13(15)5-4-12(8)14/h2-5,10,14-15H,1H3. The number of hydrogen-bond acceptors (Lipinski definition) is 4. The summed E-state index contributed by atoms with van der Waals surface area (Å²) in [5.41, 5.74) is 0. The molecule has 6 heteroatoms. The minimum absolute atomic E-state index is 0.114. The summed E-state index contributed by atoms with van der Waals surface area (Å²) in [6.07, 6.45) is 2.52. The Labute approximate surface area is 84.1 Å². The fraction of sp³-hybridized carbons (Fsp3) is 0.111. The Balaban J connectivity index is 3.35. The highest BCUT2D eigenvalue weighted by atomic mass is 16.5. The van der Waals surface area contributed by atoms with Crippen molar-refractivity contribution >= 4 is 0 Å².